The summed E-state index contributed by atoms with van der Waals surface area (Å²) in [5, 5.41) is 11.1. The Balaban J connectivity index is 0.00000481. The minimum atomic E-state index is -5.09. The first-order valence-electron chi connectivity index (χ1n) is 9.28. The number of aliphatic imine (C=N–C) groups is 1. The zero-order valence-corrected chi connectivity index (χ0v) is 21.5. The van der Waals surface area contributed by atoms with E-state index >= 15 is 0 Å². The van der Waals surface area contributed by atoms with Crippen LogP contribution < -0.4 is 10.9 Å². The molecular formula is C19H13ClCrN4O10S2. The molecule has 2 aliphatic carbocycles. The molecule has 37 heavy (non-hydrogen) atoms. The summed E-state index contributed by atoms with van der Waals surface area (Å²) >= 11 is 5.99. The summed E-state index contributed by atoms with van der Waals surface area (Å²) in [4.78, 5) is 36.5. The fourth-order valence-corrected chi connectivity index (χ4v) is 4.01. The van der Waals surface area contributed by atoms with Gasteiger partial charge in [-0.25, -0.2) is 0 Å². The van der Waals surface area contributed by atoms with Crippen LogP contribution in [-0.4, -0.2) is 48.1 Å². The van der Waals surface area contributed by atoms with Gasteiger partial charge in [0.15, 0.2) is 10.7 Å². The normalized spacial score (nSPS) is 18.1. The van der Waals surface area contributed by atoms with E-state index in [0.29, 0.717) is 12.2 Å². The van der Waals surface area contributed by atoms with Gasteiger partial charge in [-0.1, -0.05) is 11.6 Å². The molecule has 1 aromatic rings. The molecule has 18 heteroatoms. The molecule has 14 nitrogen and oxygen atoms in total. The number of rotatable bonds is 7. The molecule has 4 N–H and O–H groups in total. The minimum Gasteiger partial charge on any atom is -0.301 e. The van der Waals surface area contributed by atoms with Crippen LogP contribution in [0.4, 0.5) is 5.69 Å². The Kier molecular flexibility index (Phi) is 9.11. The number of allylic oxidation sites excluding steroid dienone is 7. The summed E-state index contributed by atoms with van der Waals surface area (Å²) in [6.45, 7) is 0. The van der Waals surface area contributed by atoms with E-state index in [1.54, 1.807) is 0 Å². The molecule has 0 aliphatic heterocycles. The fraction of sp³-hybridized carbons (Fsp3) is 0. The van der Waals surface area contributed by atoms with Gasteiger partial charge in [0, 0.05) is 41.3 Å². The number of Topliss-reactive ketones (excluding diaryl/α,β-unsaturated/α-hetero) is 1. The summed E-state index contributed by atoms with van der Waals surface area (Å²) in [6.07, 6.45) is 5.55. The molecule has 2 aliphatic rings. The number of halogens is 1. The van der Waals surface area contributed by atoms with Crippen molar-refractivity contribution in [3.05, 3.63) is 91.8 Å². The molecule has 0 aromatic heterocycles. The molecule has 1 aromatic carbocycles. The maximum atomic E-state index is 12.3. The maximum absolute atomic E-state index is 12.3. The van der Waals surface area contributed by atoms with E-state index < -0.39 is 57.9 Å². The smallest absolute Gasteiger partial charge is 0.298 e. The van der Waals surface area contributed by atoms with E-state index in [0.717, 1.165) is 24.4 Å². The number of hydrazine groups is 1. The molecule has 0 bridgehead atoms. The van der Waals surface area contributed by atoms with Crippen LogP contribution in [0.1, 0.15) is 0 Å². The van der Waals surface area contributed by atoms with Crippen molar-refractivity contribution in [2.75, 3.05) is 5.43 Å². The molecule has 0 unspecified atom stereocenters. The number of hydrogen-bond acceptors (Lipinski definition) is 11. The number of carbonyl (C=O) groups excluding carboxylic acids is 2. The average molecular weight is 609 g/mol. The maximum Gasteiger partial charge on any atom is 0.298 e. The van der Waals surface area contributed by atoms with Gasteiger partial charge in [-0.3, -0.25) is 39.2 Å². The van der Waals surface area contributed by atoms with Crippen LogP contribution in [0.2, 0.25) is 5.02 Å². The van der Waals surface area contributed by atoms with Gasteiger partial charge >= 0.3 is 0 Å². The molecule has 0 atom stereocenters. The minimum absolute atomic E-state index is 0. The zero-order chi connectivity index (χ0) is 26.8. The number of nitrogens with zero attached hydrogens (tertiary/aromatic N) is 2. The van der Waals surface area contributed by atoms with E-state index in [4.69, 9.17) is 16.2 Å². The molecule has 0 fully saturated rings. The van der Waals surface area contributed by atoms with Crippen molar-refractivity contribution in [2.45, 2.75) is 4.90 Å². The molecule has 0 heterocycles. The van der Waals surface area contributed by atoms with Gasteiger partial charge in [-0.2, -0.15) is 16.8 Å². The van der Waals surface area contributed by atoms with Crippen LogP contribution in [0.25, 0.3) is 0 Å². The Labute approximate surface area is 224 Å². The van der Waals surface area contributed by atoms with Crippen molar-refractivity contribution in [3.63, 3.8) is 0 Å². The van der Waals surface area contributed by atoms with E-state index in [1.165, 1.54) is 18.2 Å². The van der Waals surface area contributed by atoms with Crippen molar-refractivity contribution in [3.8, 4) is 0 Å². The van der Waals surface area contributed by atoms with Crippen molar-refractivity contribution in [1.82, 2.24) is 5.43 Å². The number of nitrogens with one attached hydrogen (secondary N) is 2. The van der Waals surface area contributed by atoms with Crippen molar-refractivity contribution in [1.29, 1.82) is 0 Å². The predicted octanol–water partition coefficient (Wildman–Crippen LogP) is 1.36. The van der Waals surface area contributed by atoms with Gasteiger partial charge in [0.25, 0.3) is 25.9 Å². The summed E-state index contributed by atoms with van der Waals surface area (Å²) in [5.41, 5.74) is 3.80. The first-order chi connectivity index (χ1) is 16.7. The Bertz CT molecular complexity index is 1610. The number of benzene rings is 1. The molecule has 0 saturated carbocycles. The van der Waals surface area contributed by atoms with Crippen LogP contribution >= 0.6 is 11.6 Å². The number of hydrogen-bond donors (Lipinski definition) is 4. The third-order valence-corrected chi connectivity index (χ3v) is 6.48. The van der Waals surface area contributed by atoms with Gasteiger partial charge in [-0.15, -0.1) is 0 Å². The van der Waals surface area contributed by atoms with Crippen LogP contribution in [0.3, 0.4) is 0 Å². The SMILES string of the molecule is O=C1C(S(=O)(=O)O)=CC([N+](=O)[O-])=CC1=N/C=C1/C=C(NNc2cc(S(=O)(=O)O)ccc2Cl)C=CC1=O.[Cr]. The quantitative estimate of drug-likeness (QED) is 0.113. The van der Waals surface area contributed by atoms with Crippen LogP contribution in [0, 0.1) is 10.1 Å². The second-order valence-corrected chi connectivity index (χ2v) is 10.1. The summed E-state index contributed by atoms with van der Waals surface area (Å²) in [7, 11) is -9.60. The zero-order valence-electron chi connectivity index (χ0n) is 17.9. The number of anilines is 1. The monoisotopic (exact) mass is 608 g/mol. The number of carbonyl (C=O) groups is 2. The summed E-state index contributed by atoms with van der Waals surface area (Å²) in [6, 6.07) is 3.34. The number of ketones is 2. The van der Waals surface area contributed by atoms with E-state index in [9.17, 15) is 41.1 Å². The summed E-state index contributed by atoms with van der Waals surface area (Å²) < 4.78 is 63.8. The van der Waals surface area contributed by atoms with E-state index in [2.05, 4.69) is 15.8 Å². The Morgan fingerprint density at radius 1 is 1.00 bits per heavy atom. The fourth-order valence-electron chi connectivity index (χ4n) is 2.73. The van der Waals surface area contributed by atoms with Crippen LogP contribution in [0.15, 0.2) is 86.5 Å². The van der Waals surface area contributed by atoms with Gasteiger partial charge in [0.1, 0.15) is 5.71 Å². The number of nitro groups is 1. The predicted molar refractivity (Wildman–Crippen MR) is 125 cm³/mol. The van der Waals surface area contributed by atoms with Crippen LogP contribution in [0.5, 0.6) is 0 Å². The third kappa shape index (κ3) is 7.30. The van der Waals surface area contributed by atoms with Crippen LogP contribution in [-0.2, 0) is 47.2 Å². The Morgan fingerprint density at radius 2 is 1.68 bits per heavy atom. The van der Waals surface area contributed by atoms with E-state index in [-0.39, 0.29) is 39.3 Å². The molecule has 0 saturated heterocycles. The topological polar surface area (TPSA) is 222 Å². The van der Waals surface area contributed by atoms with Crippen molar-refractivity contribution in [2.24, 2.45) is 4.99 Å². The standard InChI is InChI=1S/C19H13ClN4O10S2.Cr/c20-14-3-2-13(35(29,30)31)8-15(14)23-22-11-1-4-17(25)10(5-11)9-21-16-6-12(24(27)28)7-18(19(16)26)36(32,33)34;/h1-9,22-23H,(H,29,30,31)(H,32,33,34);/b10-9-,21-16?;. The first-order valence-corrected chi connectivity index (χ1v) is 12.5. The van der Waals surface area contributed by atoms with Crippen molar-refractivity contribution < 1.29 is 57.8 Å². The van der Waals surface area contributed by atoms with Crippen molar-refractivity contribution >= 4 is 54.8 Å². The molecule has 0 amide bonds. The first kappa shape index (κ1) is 29.8. The summed E-state index contributed by atoms with van der Waals surface area (Å²) in [5.74, 6) is -1.92. The molecule has 0 spiro atoms. The third-order valence-electron chi connectivity index (χ3n) is 4.44. The molecule has 194 valence electrons. The molecule has 3 rings (SSSR count). The van der Waals surface area contributed by atoms with E-state index in [1.807, 2.05) is 0 Å². The molecular weight excluding hydrogens is 596 g/mol. The Hall–Kier alpha value is -3.43. The second kappa shape index (κ2) is 11.3. The second-order valence-electron chi connectivity index (χ2n) is 6.90. The van der Waals surface area contributed by atoms with Gasteiger partial charge in [0.05, 0.1) is 26.2 Å². The average Bonchev–Trinajstić information content (AvgIpc) is 2.77. The van der Waals surface area contributed by atoms with Gasteiger partial charge in [0.2, 0.25) is 5.78 Å². The van der Waals surface area contributed by atoms with Gasteiger partial charge < -0.3 is 5.43 Å². The molecule has 0 radical (unpaired) electrons. The Morgan fingerprint density at radius 3 is 2.27 bits per heavy atom. The van der Waals surface area contributed by atoms with Gasteiger partial charge in [-0.05, 0) is 36.4 Å². The largest absolute Gasteiger partial charge is 0.301 e.